The van der Waals surface area contributed by atoms with E-state index in [0.717, 1.165) is 17.1 Å². The molecule has 2 aromatic rings. The highest BCUT2D eigenvalue weighted by atomic mass is 16.5. The number of aromatic nitrogens is 3. The van der Waals surface area contributed by atoms with Gasteiger partial charge in [-0.15, -0.1) is 10.2 Å². The second-order valence-corrected chi connectivity index (χ2v) is 5.04. The number of nitrogens with one attached hydrogen (secondary N) is 1. The molecule has 2 rings (SSSR count). The van der Waals surface area contributed by atoms with Crippen molar-refractivity contribution in [1.82, 2.24) is 25.0 Å². The maximum Gasteiger partial charge on any atom is 0.317 e. The van der Waals surface area contributed by atoms with Gasteiger partial charge in [-0.25, -0.2) is 4.79 Å². The van der Waals surface area contributed by atoms with Crippen LogP contribution in [0.15, 0.2) is 30.6 Å². The topological polar surface area (TPSA) is 72.3 Å². The lowest BCUT2D eigenvalue weighted by Crippen LogP contribution is -2.38. The second kappa shape index (κ2) is 7.44. The van der Waals surface area contributed by atoms with Crippen molar-refractivity contribution in [2.75, 3.05) is 20.7 Å². The van der Waals surface area contributed by atoms with Gasteiger partial charge in [0.05, 0.1) is 7.11 Å². The van der Waals surface area contributed by atoms with E-state index in [0.29, 0.717) is 19.5 Å². The van der Waals surface area contributed by atoms with E-state index in [4.69, 9.17) is 4.74 Å². The molecule has 2 amide bonds. The van der Waals surface area contributed by atoms with Crippen molar-refractivity contribution in [3.8, 4) is 5.75 Å². The highest BCUT2D eigenvalue weighted by Gasteiger charge is 2.09. The first-order valence-electron chi connectivity index (χ1n) is 7.05. The van der Waals surface area contributed by atoms with Gasteiger partial charge in [-0.05, 0) is 17.7 Å². The van der Waals surface area contributed by atoms with E-state index in [1.54, 1.807) is 25.4 Å². The SMILES string of the molecule is COc1ccc(CN(C)C(=O)NCCc2nncn2C)cc1. The fourth-order valence-corrected chi connectivity index (χ4v) is 2.03. The Morgan fingerprint density at radius 3 is 2.68 bits per heavy atom. The number of urea groups is 1. The summed E-state index contributed by atoms with van der Waals surface area (Å²) in [5, 5.41) is 10.7. The third-order valence-corrected chi connectivity index (χ3v) is 3.36. The third kappa shape index (κ3) is 4.21. The minimum atomic E-state index is -0.113. The largest absolute Gasteiger partial charge is 0.497 e. The number of aryl methyl sites for hydroxylation is 1. The van der Waals surface area contributed by atoms with Crippen LogP contribution in [0.3, 0.4) is 0 Å². The molecule has 0 saturated heterocycles. The first kappa shape index (κ1) is 15.8. The highest BCUT2D eigenvalue weighted by Crippen LogP contribution is 2.12. The quantitative estimate of drug-likeness (QED) is 0.870. The molecule has 1 N–H and O–H groups in total. The average molecular weight is 303 g/mol. The van der Waals surface area contributed by atoms with Crippen LogP contribution < -0.4 is 10.1 Å². The molecule has 1 aromatic carbocycles. The molecule has 0 aliphatic carbocycles. The Labute approximate surface area is 129 Å². The summed E-state index contributed by atoms with van der Waals surface area (Å²) in [6.07, 6.45) is 2.30. The summed E-state index contributed by atoms with van der Waals surface area (Å²) in [7, 11) is 5.28. The highest BCUT2D eigenvalue weighted by molar-refractivity contribution is 5.73. The van der Waals surface area contributed by atoms with Crippen LogP contribution in [0.4, 0.5) is 4.79 Å². The van der Waals surface area contributed by atoms with Crippen LogP contribution in [-0.4, -0.2) is 46.4 Å². The van der Waals surface area contributed by atoms with Crippen LogP contribution in [0.5, 0.6) is 5.75 Å². The van der Waals surface area contributed by atoms with Crippen molar-refractivity contribution in [2.45, 2.75) is 13.0 Å². The molecule has 7 nitrogen and oxygen atoms in total. The van der Waals surface area contributed by atoms with E-state index in [1.165, 1.54) is 0 Å². The minimum Gasteiger partial charge on any atom is -0.497 e. The first-order chi connectivity index (χ1) is 10.6. The molecular weight excluding hydrogens is 282 g/mol. The predicted octanol–water partition coefficient (Wildman–Crippen LogP) is 1.21. The number of amides is 2. The molecule has 1 heterocycles. The Morgan fingerprint density at radius 1 is 1.36 bits per heavy atom. The summed E-state index contributed by atoms with van der Waals surface area (Å²) in [6.45, 7) is 1.07. The molecule has 0 atom stereocenters. The number of carbonyl (C=O) groups is 1. The van der Waals surface area contributed by atoms with Gasteiger partial charge < -0.3 is 19.5 Å². The molecular formula is C15H21N5O2. The Bertz CT molecular complexity index is 609. The van der Waals surface area contributed by atoms with E-state index in [2.05, 4.69) is 15.5 Å². The predicted molar refractivity (Wildman–Crippen MR) is 82.6 cm³/mol. The lowest BCUT2D eigenvalue weighted by Gasteiger charge is -2.18. The van der Waals surface area contributed by atoms with Crippen LogP contribution in [0, 0.1) is 0 Å². The Hall–Kier alpha value is -2.57. The van der Waals surface area contributed by atoms with Gasteiger partial charge in [0.2, 0.25) is 0 Å². The average Bonchev–Trinajstić information content (AvgIpc) is 2.93. The van der Waals surface area contributed by atoms with Crippen LogP contribution in [0.25, 0.3) is 0 Å². The molecule has 0 bridgehead atoms. The lowest BCUT2D eigenvalue weighted by atomic mass is 10.2. The van der Waals surface area contributed by atoms with Gasteiger partial charge in [0.15, 0.2) is 0 Å². The zero-order chi connectivity index (χ0) is 15.9. The normalized spacial score (nSPS) is 10.3. The van der Waals surface area contributed by atoms with Crippen molar-refractivity contribution in [3.05, 3.63) is 42.0 Å². The van der Waals surface area contributed by atoms with Gasteiger partial charge in [0, 0.05) is 33.6 Å². The van der Waals surface area contributed by atoms with Gasteiger partial charge in [-0.2, -0.15) is 0 Å². The van der Waals surface area contributed by atoms with Gasteiger partial charge in [-0.1, -0.05) is 12.1 Å². The molecule has 0 radical (unpaired) electrons. The fraction of sp³-hybridized carbons (Fsp3) is 0.400. The number of hydrogen-bond donors (Lipinski definition) is 1. The third-order valence-electron chi connectivity index (χ3n) is 3.36. The Kier molecular flexibility index (Phi) is 5.35. The molecule has 0 unspecified atom stereocenters. The van der Waals surface area contributed by atoms with Crippen LogP contribution in [-0.2, 0) is 20.0 Å². The van der Waals surface area contributed by atoms with E-state index < -0.39 is 0 Å². The molecule has 118 valence electrons. The smallest absolute Gasteiger partial charge is 0.317 e. The number of hydrogen-bond acceptors (Lipinski definition) is 4. The molecule has 0 fully saturated rings. The summed E-state index contributed by atoms with van der Waals surface area (Å²) in [4.78, 5) is 13.7. The van der Waals surface area contributed by atoms with Crippen molar-refractivity contribution < 1.29 is 9.53 Å². The molecule has 0 spiro atoms. The number of benzene rings is 1. The van der Waals surface area contributed by atoms with E-state index in [1.807, 2.05) is 35.9 Å². The summed E-state index contributed by atoms with van der Waals surface area (Å²) >= 11 is 0. The standard InChI is InChI=1S/C15H21N5O2/c1-19(10-12-4-6-13(22-3)7-5-12)15(21)16-9-8-14-18-17-11-20(14)2/h4-7,11H,8-10H2,1-3H3,(H,16,21). The van der Waals surface area contributed by atoms with Gasteiger partial charge >= 0.3 is 6.03 Å². The summed E-state index contributed by atoms with van der Waals surface area (Å²) < 4.78 is 6.95. The number of carbonyl (C=O) groups excluding carboxylic acids is 1. The number of methoxy groups -OCH3 is 1. The zero-order valence-corrected chi connectivity index (χ0v) is 13.1. The maximum absolute atomic E-state index is 12.0. The number of nitrogens with zero attached hydrogens (tertiary/aromatic N) is 4. The Morgan fingerprint density at radius 2 is 2.09 bits per heavy atom. The van der Waals surface area contributed by atoms with E-state index >= 15 is 0 Å². The maximum atomic E-state index is 12.0. The molecule has 0 aliphatic heterocycles. The molecule has 1 aromatic heterocycles. The number of ether oxygens (including phenoxy) is 1. The van der Waals surface area contributed by atoms with E-state index in [9.17, 15) is 4.79 Å². The van der Waals surface area contributed by atoms with Gasteiger partial charge in [-0.3, -0.25) is 0 Å². The molecule has 7 heteroatoms. The molecule has 0 saturated carbocycles. The van der Waals surface area contributed by atoms with Gasteiger partial charge in [0.1, 0.15) is 17.9 Å². The summed E-state index contributed by atoms with van der Waals surface area (Å²) in [6, 6.07) is 7.55. The lowest BCUT2D eigenvalue weighted by molar-refractivity contribution is 0.207. The second-order valence-electron chi connectivity index (χ2n) is 5.04. The zero-order valence-electron chi connectivity index (χ0n) is 13.1. The van der Waals surface area contributed by atoms with Crippen molar-refractivity contribution in [2.24, 2.45) is 7.05 Å². The minimum absolute atomic E-state index is 0.113. The van der Waals surface area contributed by atoms with E-state index in [-0.39, 0.29) is 6.03 Å². The fourth-order valence-electron chi connectivity index (χ4n) is 2.03. The monoisotopic (exact) mass is 303 g/mol. The first-order valence-corrected chi connectivity index (χ1v) is 7.05. The van der Waals surface area contributed by atoms with Crippen molar-refractivity contribution in [3.63, 3.8) is 0 Å². The molecule has 22 heavy (non-hydrogen) atoms. The summed E-state index contributed by atoms with van der Waals surface area (Å²) in [5.41, 5.74) is 1.05. The molecule has 0 aliphatic rings. The van der Waals surface area contributed by atoms with Crippen molar-refractivity contribution in [1.29, 1.82) is 0 Å². The van der Waals surface area contributed by atoms with Gasteiger partial charge in [0.25, 0.3) is 0 Å². The van der Waals surface area contributed by atoms with Crippen LogP contribution in [0.1, 0.15) is 11.4 Å². The van der Waals surface area contributed by atoms with Crippen LogP contribution in [0.2, 0.25) is 0 Å². The Balaban J connectivity index is 1.77. The van der Waals surface area contributed by atoms with Crippen molar-refractivity contribution >= 4 is 6.03 Å². The summed E-state index contributed by atoms with van der Waals surface area (Å²) in [5.74, 6) is 1.65. The van der Waals surface area contributed by atoms with Crippen LogP contribution >= 0.6 is 0 Å². The number of rotatable bonds is 6.